The van der Waals surface area contributed by atoms with Gasteiger partial charge in [-0.25, -0.2) is 4.39 Å². The number of likely N-dealkylation sites (N-methyl/N-ethyl adjacent to an activating group) is 1. The molecule has 2 aromatic rings. The Balaban J connectivity index is 1.55. The Morgan fingerprint density at radius 2 is 1.82 bits per heavy atom. The predicted octanol–water partition coefficient (Wildman–Crippen LogP) is 3.53. The highest BCUT2D eigenvalue weighted by atomic mass is 19.1. The summed E-state index contributed by atoms with van der Waals surface area (Å²) in [7, 11) is 2.18. The van der Waals surface area contributed by atoms with Crippen molar-refractivity contribution in [2.75, 3.05) is 20.1 Å². The molecule has 0 radical (unpaired) electrons. The van der Waals surface area contributed by atoms with E-state index < -0.39 is 0 Å². The van der Waals surface area contributed by atoms with E-state index in [0.29, 0.717) is 12.6 Å². The molecule has 0 spiro atoms. The van der Waals surface area contributed by atoms with Crippen LogP contribution in [0.25, 0.3) is 0 Å². The molecule has 1 heterocycles. The summed E-state index contributed by atoms with van der Waals surface area (Å²) < 4.78 is 13.7. The minimum atomic E-state index is -0.0939. The molecule has 0 bridgehead atoms. The van der Waals surface area contributed by atoms with Crippen LogP contribution >= 0.6 is 0 Å². The van der Waals surface area contributed by atoms with Crippen LogP contribution < -0.4 is 0 Å². The minimum Gasteiger partial charge on any atom is -0.298 e. The van der Waals surface area contributed by atoms with Crippen LogP contribution in [0.3, 0.4) is 0 Å². The highest BCUT2D eigenvalue weighted by Crippen LogP contribution is 2.19. The molecule has 0 saturated carbocycles. The second-order valence-corrected chi connectivity index (χ2v) is 6.17. The van der Waals surface area contributed by atoms with Crippen LogP contribution in [0.1, 0.15) is 17.5 Å². The van der Waals surface area contributed by atoms with E-state index in [1.54, 1.807) is 12.1 Å². The molecule has 0 aromatic heterocycles. The lowest BCUT2D eigenvalue weighted by atomic mass is 10.1. The Hall–Kier alpha value is -1.71. The molecule has 1 fully saturated rings. The average molecular weight is 298 g/mol. The van der Waals surface area contributed by atoms with Gasteiger partial charge in [-0.3, -0.25) is 9.80 Å². The fourth-order valence-corrected chi connectivity index (χ4v) is 3.18. The van der Waals surface area contributed by atoms with Gasteiger partial charge in [-0.1, -0.05) is 48.5 Å². The van der Waals surface area contributed by atoms with E-state index in [-0.39, 0.29) is 5.82 Å². The zero-order valence-corrected chi connectivity index (χ0v) is 13.1. The van der Waals surface area contributed by atoms with E-state index in [1.165, 1.54) is 5.56 Å². The molecule has 0 aliphatic carbocycles. The summed E-state index contributed by atoms with van der Waals surface area (Å²) in [5, 5.41) is 0. The molecular weight excluding hydrogens is 275 g/mol. The van der Waals surface area contributed by atoms with Crippen LogP contribution in [-0.2, 0) is 13.1 Å². The van der Waals surface area contributed by atoms with E-state index in [1.807, 2.05) is 12.1 Å². The number of likely N-dealkylation sites (tertiary alicyclic amines) is 1. The van der Waals surface area contributed by atoms with Crippen molar-refractivity contribution in [2.24, 2.45) is 0 Å². The Bertz CT molecular complexity index is 599. The molecule has 3 heteroatoms. The topological polar surface area (TPSA) is 6.48 Å². The van der Waals surface area contributed by atoms with Crippen molar-refractivity contribution < 1.29 is 4.39 Å². The maximum absolute atomic E-state index is 13.7. The third-order valence-corrected chi connectivity index (χ3v) is 4.50. The smallest absolute Gasteiger partial charge is 0.127 e. The van der Waals surface area contributed by atoms with Gasteiger partial charge in [0.25, 0.3) is 0 Å². The van der Waals surface area contributed by atoms with Gasteiger partial charge in [-0.05, 0) is 25.1 Å². The second kappa shape index (κ2) is 7.03. The monoisotopic (exact) mass is 298 g/mol. The number of hydrogen-bond acceptors (Lipinski definition) is 2. The van der Waals surface area contributed by atoms with Crippen LogP contribution in [0.2, 0.25) is 0 Å². The lowest BCUT2D eigenvalue weighted by Gasteiger charge is -2.25. The Morgan fingerprint density at radius 1 is 1.09 bits per heavy atom. The number of rotatable bonds is 5. The summed E-state index contributed by atoms with van der Waals surface area (Å²) >= 11 is 0. The predicted molar refractivity (Wildman–Crippen MR) is 88.0 cm³/mol. The normalized spacial score (nSPS) is 19.0. The summed E-state index contributed by atoms with van der Waals surface area (Å²) in [5.74, 6) is -0.0939. The van der Waals surface area contributed by atoms with Crippen molar-refractivity contribution in [2.45, 2.75) is 25.6 Å². The maximum Gasteiger partial charge on any atom is 0.127 e. The minimum absolute atomic E-state index is 0.0939. The first-order valence-electron chi connectivity index (χ1n) is 7.92. The molecular formula is C19H23FN2. The molecule has 1 saturated heterocycles. The molecule has 2 aromatic carbocycles. The second-order valence-electron chi connectivity index (χ2n) is 6.17. The quantitative estimate of drug-likeness (QED) is 0.833. The van der Waals surface area contributed by atoms with Gasteiger partial charge in [0.2, 0.25) is 0 Å². The molecule has 1 unspecified atom stereocenters. The van der Waals surface area contributed by atoms with E-state index in [9.17, 15) is 4.39 Å². The molecule has 22 heavy (non-hydrogen) atoms. The van der Waals surface area contributed by atoms with Crippen LogP contribution in [0.4, 0.5) is 4.39 Å². The Labute approximate surface area is 132 Å². The first-order valence-corrected chi connectivity index (χ1v) is 7.92. The molecule has 1 atom stereocenters. The summed E-state index contributed by atoms with van der Waals surface area (Å²) in [5.41, 5.74) is 2.14. The van der Waals surface area contributed by atoms with Gasteiger partial charge in [-0.15, -0.1) is 0 Å². The van der Waals surface area contributed by atoms with Crippen molar-refractivity contribution in [3.05, 3.63) is 71.5 Å². The first-order chi connectivity index (χ1) is 10.7. The average Bonchev–Trinajstić information content (AvgIpc) is 2.99. The maximum atomic E-state index is 13.7. The molecule has 1 aliphatic heterocycles. The van der Waals surface area contributed by atoms with Gasteiger partial charge < -0.3 is 0 Å². The lowest BCUT2D eigenvalue weighted by Crippen LogP contribution is -2.34. The highest BCUT2D eigenvalue weighted by molar-refractivity contribution is 5.17. The molecule has 3 rings (SSSR count). The molecule has 1 aliphatic rings. The van der Waals surface area contributed by atoms with E-state index in [0.717, 1.165) is 31.6 Å². The number of hydrogen-bond donors (Lipinski definition) is 0. The van der Waals surface area contributed by atoms with Crippen molar-refractivity contribution in [3.63, 3.8) is 0 Å². The number of benzene rings is 2. The Kier molecular flexibility index (Phi) is 4.86. The Morgan fingerprint density at radius 3 is 2.59 bits per heavy atom. The fraction of sp³-hybridized carbons (Fsp3) is 0.368. The van der Waals surface area contributed by atoms with Gasteiger partial charge >= 0.3 is 0 Å². The van der Waals surface area contributed by atoms with Crippen LogP contribution in [0.15, 0.2) is 54.6 Å². The summed E-state index contributed by atoms with van der Waals surface area (Å²) in [4.78, 5) is 4.77. The molecule has 2 nitrogen and oxygen atoms in total. The standard InChI is InChI=1S/C19H23FN2/c1-21(13-16-7-3-2-4-8-16)18-11-12-22(15-18)14-17-9-5-6-10-19(17)20/h2-10,18H,11-15H2,1H3. The third-order valence-electron chi connectivity index (χ3n) is 4.50. The first kappa shape index (κ1) is 15.2. The molecule has 0 N–H and O–H groups in total. The summed E-state index contributed by atoms with van der Waals surface area (Å²) in [6.07, 6.45) is 1.15. The summed E-state index contributed by atoms with van der Waals surface area (Å²) in [6, 6.07) is 18.2. The fourth-order valence-electron chi connectivity index (χ4n) is 3.18. The van der Waals surface area contributed by atoms with Gasteiger partial charge in [0.1, 0.15) is 5.82 Å². The van der Waals surface area contributed by atoms with E-state index in [2.05, 4.69) is 47.2 Å². The van der Waals surface area contributed by atoms with Gasteiger partial charge in [0.15, 0.2) is 0 Å². The van der Waals surface area contributed by atoms with Gasteiger partial charge in [-0.2, -0.15) is 0 Å². The number of halogens is 1. The van der Waals surface area contributed by atoms with E-state index >= 15 is 0 Å². The zero-order chi connectivity index (χ0) is 15.4. The van der Waals surface area contributed by atoms with Crippen LogP contribution in [0.5, 0.6) is 0 Å². The zero-order valence-electron chi connectivity index (χ0n) is 13.1. The van der Waals surface area contributed by atoms with Gasteiger partial charge in [0.05, 0.1) is 0 Å². The van der Waals surface area contributed by atoms with Crippen LogP contribution in [0, 0.1) is 5.82 Å². The molecule has 116 valence electrons. The van der Waals surface area contributed by atoms with Crippen molar-refractivity contribution in [1.29, 1.82) is 0 Å². The van der Waals surface area contributed by atoms with Crippen LogP contribution in [-0.4, -0.2) is 36.0 Å². The lowest BCUT2D eigenvalue weighted by molar-refractivity contribution is 0.222. The van der Waals surface area contributed by atoms with Crippen molar-refractivity contribution in [3.8, 4) is 0 Å². The SMILES string of the molecule is CN(Cc1ccccc1)C1CCN(Cc2ccccc2F)C1. The number of nitrogens with zero attached hydrogens (tertiary/aromatic N) is 2. The third kappa shape index (κ3) is 3.73. The highest BCUT2D eigenvalue weighted by Gasteiger charge is 2.26. The molecule has 0 amide bonds. The largest absolute Gasteiger partial charge is 0.298 e. The summed E-state index contributed by atoms with van der Waals surface area (Å²) in [6.45, 7) is 3.73. The van der Waals surface area contributed by atoms with Gasteiger partial charge in [0, 0.05) is 37.8 Å². The van der Waals surface area contributed by atoms with Crippen molar-refractivity contribution >= 4 is 0 Å². The van der Waals surface area contributed by atoms with Crippen molar-refractivity contribution in [1.82, 2.24) is 9.80 Å². The van der Waals surface area contributed by atoms with E-state index in [4.69, 9.17) is 0 Å².